The Balaban J connectivity index is 1.45. The average Bonchev–Trinajstić information content (AvgIpc) is 3.58. The van der Waals surface area contributed by atoms with E-state index in [2.05, 4.69) is 16.0 Å². The van der Waals surface area contributed by atoms with Crippen LogP contribution < -0.4 is 15.2 Å². The summed E-state index contributed by atoms with van der Waals surface area (Å²) in [5, 5.41) is 14.8. The highest BCUT2D eigenvalue weighted by Crippen LogP contribution is 2.46. The van der Waals surface area contributed by atoms with Gasteiger partial charge in [0, 0.05) is 48.6 Å². The van der Waals surface area contributed by atoms with Crippen molar-refractivity contribution in [3.63, 3.8) is 0 Å². The molecule has 186 valence electrons. The van der Waals surface area contributed by atoms with Gasteiger partial charge in [0.2, 0.25) is 11.8 Å². The fourth-order valence-corrected chi connectivity index (χ4v) is 4.81. The quantitative estimate of drug-likeness (QED) is 0.375. The average molecular weight is 502 g/mol. The van der Waals surface area contributed by atoms with Gasteiger partial charge in [0.15, 0.2) is 0 Å². The number of aryl methyl sites for hydroxylation is 1. The summed E-state index contributed by atoms with van der Waals surface area (Å²) >= 11 is 0. The molecule has 0 bridgehead atoms. The fourth-order valence-electron chi connectivity index (χ4n) is 4.81. The first kappa shape index (κ1) is 23.1. The highest BCUT2D eigenvalue weighted by atomic mass is 16.5. The Kier molecular flexibility index (Phi) is 5.62. The molecule has 5 aromatic rings. The molecule has 1 aliphatic heterocycles. The van der Waals surface area contributed by atoms with Gasteiger partial charge in [-0.3, -0.25) is 9.55 Å². The lowest BCUT2D eigenvalue weighted by Gasteiger charge is -2.25. The maximum atomic E-state index is 10.1. The number of hydrogen-bond acceptors (Lipinski definition) is 7. The molecule has 0 aliphatic carbocycles. The first-order chi connectivity index (χ1) is 18.6. The number of nitrogens with zero attached hydrogens (tertiary/aromatic N) is 6. The zero-order chi connectivity index (χ0) is 26.2. The van der Waals surface area contributed by atoms with Gasteiger partial charge in [-0.1, -0.05) is 12.1 Å². The van der Waals surface area contributed by atoms with Crippen molar-refractivity contribution in [2.75, 3.05) is 7.11 Å². The Bertz CT molecular complexity index is 1690. The molecule has 1 atom stereocenters. The van der Waals surface area contributed by atoms with E-state index in [1.807, 2.05) is 71.4 Å². The summed E-state index contributed by atoms with van der Waals surface area (Å²) in [6.45, 7) is 0. The third-order valence-corrected chi connectivity index (χ3v) is 6.63. The molecule has 0 saturated carbocycles. The van der Waals surface area contributed by atoms with Crippen molar-refractivity contribution in [3.8, 4) is 46.0 Å². The molecule has 9 nitrogen and oxygen atoms in total. The van der Waals surface area contributed by atoms with Gasteiger partial charge in [-0.2, -0.15) is 10.4 Å². The number of benzene rings is 2. The van der Waals surface area contributed by atoms with Gasteiger partial charge >= 0.3 is 0 Å². The first-order valence-corrected chi connectivity index (χ1v) is 11.9. The Morgan fingerprint density at radius 2 is 1.82 bits per heavy atom. The number of nitriles is 1. The van der Waals surface area contributed by atoms with E-state index in [1.165, 1.54) is 0 Å². The summed E-state index contributed by atoms with van der Waals surface area (Å²) in [5.74, 6) is 1.66. The topological polar surface area (TPSA) is 117 Å². The number of aromatic nitrogens is 5. The molecule has 2 N–H and O–H groups in total. The van der Waals surface area contributed by atoms with E-state index in [4.69, 9.17) is 20.3 Å². The number of pyridine rings is 1. The molecule has 9 heteroatoms. The maximum absolute atomic E-state index is 10.1. The van der Waals surface area contributed by atoms with Crippen molar-refractivity contribution in [3.05, 3.63) is 108 Å². The lowest BCUT2D eigenvalue weighted by molar-refractivity contribution is 0.358. The predicted octanol–water partition coefficient (Wildman–Crippen LogP) is 4.56. The molecule has 0 spiro atoms. The third-order valence-electron chi connectivity index (χ3n) is 6.63. The number of hydrogen-bond donors (Lipinski definition) is 1. The molecule has 2 aromatic carbocycles. The molecule has 1 unspecified atom stereocenters. The third kappa shape index (κ3) is 3.76. The lowest BCUT2D eigenvalue weighted by Crippen LogP contribution is -2.21. The Hall–Kier alpha value is -5.36. The fraction of sp³-hybridized carbons (Fsp3) is 0.103. The second kappa shape index (κ2) is 9.26. The molecule has 4 heterocycles. The Labute approximate surface area is 219 Å². The van der Waals surface area contributed by atoms with Crippen LogP contribution in [-0.2, 0) is 7.05 Å². The van der Waals surface area contributed by atoms with E-state index in [9.17, 15) is 5.26 Å². The standard InChI is InChI=1S/C29H23N7O2/c1-35-29-25(26(34-35)19-7-11-22(37-2)12-8-19)24(23(16-30)27(31)38-29)18-5-9-21(10-6-18)36-15-14-33-28(36)20-4-3-13-32-17-20/h3-15,17,24H,31H2,1-2H3. The van der Waals surface area contributed by atoms with Gasteiger partial charge in [-0.15, -0.1) is 0 Å². The molecule has 6 rings (SSSR count). The van der Waals surface area contributed by atoms with Gasteiger partial charge in [-0.05, 0) is 54.1 Å². The second-order valence-electron chi connectivity index (χ2n) is 8.80. The molecular formula is C29H23N7O2. The van der Waals surface area contributed by atoms with E-state index in [-0.39, 0.29) is 5.88 Å². The van der Waals surface area contributed by atoms with Gasteiger partial charge in [-0.25, -0.2) is 9.67 Å². The highest BCUT2D eigenvalue weighted by molar-refractivity contribution is 5.71. The van der Waals surface area contributed by atoms with E-state index in [1.54, 1.807) is 37.4 Å². The van der Waals surface area contributed by atoms with Gasteiger partial charge < -0.3 is 15.2 Å². The van der Waals surface area contributed by atoms with Crippen LogP contribution in [0.2, 0.25) is 0 Å². The van der Waals surface area contributed by atoms with Crippen LogP contribution in [0.3, 0.4) is 0 Å². The Morgan fingerprint density at radius 3 is 2.50 bits per heavy atom. The molecule has 0 amide bonds. The van der Waals surface area contributed by atoms with Gasteiger partial charge in [0.05, 0.1) is 18.6 Å². The smallest absolute Gasteiger partial charge is 0.224 e. The molecule has 1 aliphatic rings. The normalized spacial score (nSPS) is 14.5. The minimum absolute atomic E-state index is 0.0758. The molecule has 0 radical (unpaired) electrons. The first-order valence-electron chi connectivity index (χ1n) is 11.9. The van der Waals surface area contributed by atoms with E-state index in [0.717, 1.165) is 39.5 Å². The highest BCUT2D eigenvalue weighted by Gasteiger charge is 2.36. The van der Waals surface area contributed by atoms with Crippen molar-refractivity contribution in [2.24, 2.45) is 12.8 Å². The number of ether oxygens (including phenoxy) is 2. The van der Waals surface area contributed by atoms with Crippen LogP contribution in [-0.4, -0.2) is 31.4 Å². The van der Waals surface area contributed by atoms with Crippen LogP contribution in [0.25, 0.3) is 28.3 Å². The number of imidazole rings is 1. The second-order valence-corrected chi connectivity index (χ2v) is 8.80. The number of allylic oxidation sites excluding steroid dienone is 1. The zero-order valence-electron chi connectivity index (χ0n) is 20.7. The number of fused-ring (bicyclic) bond motifs is 1. The van der Waals surface area contributed by atoms with Gasteiger partial charge in [0.25, 0.3) is 0 Å². The predicted molar refractivity (Wildman–Crippen MR) is 141 cm³/mol. The largest absolute Gasteiger partial charge is 0.497 e. The van der Waals surface area contributed by atoms with Crippen molar-refractivity contribution < 1.29 is 9.47 Å². The summed E-state index contributed by atoms with van der Waals surface area (Å²) in [6.07, 6.45) is 7.19. The Morgan fingerprint density at radius 1 is 1.03 bits per heavy atom. The van der Waals surface area contributed by atoms with Crippen molar-refractivity contribution in [1.82, 2.24) is 24.3 Å². The summed E-state index contributed by atoms with van der Waals surface area (Å²) in [5.41, 5.74) is 11.7. The van der Waals surface area contributed by atoms with Crippen LogP contribution in [0.1, 0.15) is 17.0 Å². The van der Waals surface area contributed by atoms with E-state index < -0.39 is 5.92 Å². The van der Waals surface area contributed by atoms with E-state index in [0.29, 0.717) is 17.1 Å². The van der Waals surface area contributed by atoms with Crippen LogP contribution in [0, 0.1) is 11.3 Å². The van der Waals surface area contributed by atoms with Crippen LogP contribution in [0.4, 0.5) is 0 Å². The van der Waals surface area contributed by atoms with E-state index >= 15 is 0 Å². The SMILES string of the molecule is COc1ccc(-c2nn(C)c3c2C(c2ccc(-n4ccnc4-c4cccnc4)cc2)C(C#N)=C(N)O3)cc1. The molecule has 0 fully saturated rings. The lowest BCUT2D eigenvalue weighted by atomic mass is 9.83. The number of methoxy groups -OCH3 is 1. The zero-order valence-corrected chi connectivity index (χ0v) is 20.7. The van der Waals surface area contributed by atoms with Crippen molar-refractivity contribution >= 4 is 0 Å². The summed E-state index contributed by atoms with van der Waals surface area (Å²) in [4.78, 5) is 8.73. The molecule has 0 saturated heterocycles. The van der Waals surface area contributed by atoms with Crippen molar-refractivity contribution in [1.29, 1.82) is 5.26 Å². The summed E-state index contributed by atoms with van der Waals surface area (Å²) < 4.78 is 14.9. The minimum Gasteiger partial charge on any atom is -0.497 e. The van der Waals surface area contributed by atoms with Crippen molar-refractivity contribution in [2.45, 2.75) is 5.92 Å². The number of nitrogens with two attached hydrogens (primary N) is 1. The van der Waals surface area contributed by atoms with Gasteiger partial charge in [0.1, 0.15) is 28.9 Å². The summed E-state index contributed by atoms with van der Waals surface area (Å²) in [6, 6.07) is 21.8. The molecule has 38 heavy (non-hydrogen) atoms. The monoisotopic (exact) mass is 501 g/mol. The molecular weight excluding hydrogens is 478 g/mol. The van der Waals surface area contributed by atoms with Crippen LogP contribution in [0.5, 0.6) is 11.6 Å². The minimum atomic E-state index is -0.454. The molecule has 3 aromatic heterocycles. The summed E-state index contributed by atoms with van der Waals surface area (Å²) in [7, 11) is 3.43. The van der Waals surface area contributed by atoms with Crippen LogP contribution in [0.15, 0.2) is 96.9 Å². The number of rotatable bonds is 5. The van der Waals surface area contributed by atoms with Crippen LogP contribution >= 0.6 is 0 Å². The maximum Gasteiger partial charge on any atom is 0.224 e.